The number of rotatable bonds is 8. The number of ether oxygens (including phenoxy) is 1. The molecule has 0 bridgehead atoms. The highest BCUT2D eigenvalue weighted by molar-refractivity contribution is 7.89. The number of anilines is 1. The van der Waals surface area contributed by atoms with E-state index in [0.717, 1.165) is 17.4 Å². The van der Waals surface area contributed by atoms with Crippen LogP contribution < -0.4 is 14.8 Å². The Morgan fingerprint density at radius 1 is 1.19 bits per heavy atom. The Morgan fingerprint density at radius 3 is 2.35 bits per heavy atom. The summed E-state index contributed by atoms with van der Waals surface area (Å²) in [5, 5.41) is 14.5. The van der Waals surface area contributed by atoms with Gasteiger partial charge in [0.1, 0.15) is 11.4 Å². The monoisotopic (exact) mass is 379 g/mol. The van der Waals surface area contributed by atoms with Crippen LogP contribution in [-0.4, -0.2) is 27.5 Å². The molecule has 9 heteroatoms. The molecule has 2 aromatic carbocycles. The number of nitro benzene ring substituents is 1. The average molecular weight is 379 g/mol. The zero-order valence-electron chi connectivity index (χ0n) is 14.7. The van der Waals surface area contributed by atoms with Crippen LogP contribution in [0.15, 0.2) is 47.4 Å². The molecule has 0 saturated heterocycles. The first-order chi connectivity index (χ1) is 12.3. The fourth-order valence-electron chi connectivity index (χ4n) is 2.51. The number of benzene rings is 2. The Labute approximate surface area is 152 Å². The van der Waals surface area contributed by atoms with Crippen molar-refractivity contribution in [1.29, 1.82) is 0 Å². The molecule has 0 amide bonds. The maximum Gasteiger partial charge on any atom is 0.293 e. The standard InChI is InChI=1S/C17H21N3O5S/c1-4-15(12-5-7-13(25-3)8-6-12)19-16-10-9-14(26(23,24)18-2)11-17(16)20(21)22/h5-11,15,18-19H,4H2,1-3H3/t15-/m1/s1. The SMILES string of the molecule is CC[C@@H](Nc1ccc(S(=O)(=O)NC)cc1[N+](=O)[O-])c1ccc(OC)cc1. The maximum atomic E-state index is 11.9. The van der Waals surface area contributed by atoms with Gasteiger partial charge in [-0.25, -0.2) is 13.1 Å². The summed E-state index contributed by atoms with van der Waals surface area (Å²) in [5.74, 6) is 0.719. The number of methoxy groups -OCH3 is 1. The molecular formula is C17H21N3O5S. The predicted octanol–water partition coefficient (Wildman–Crippen LogP) is 3.07. The van der Waals surface area contributed by atoms with Crippen LogP contribution in [-0.2, 0) is 10.0 Å². The highest BCUT2D eigenvalue weighted by Crippen LogP contribution is 2.32. The summed E-state index contributed by atoms with van der Waals surface area (Å²) < 4.78 is 31.0. The molecule has 0 radical (unpaired) electrons. The molecule has 0 aromatic heterocycles. The Balaban J connectivity index is 2.38. The van der Waals surface area contributed by atoms with Gasteiger partial charge in [-0.1, -0.05) is 19.1 Å². The highest BCUT2D eigenvalue weighted by atomic mass is 32.2. The van der Waals surface area contributed by atoms with Gasteiger partial charge in [0.15, 0.2) is 0 Å². The number of nitro groups is 1. The molecule has 0 saturated carbocycles. The van der Waals surface area contributed by atoms with E-state index >= 15 is 0 Å². The molecule has 1 atom stereocenters. The quantitative estimate of drug-likeness (QED) is 0.539. The number of nitrogens with zero attached hydrogens (tertiary/aromatic N) is 1. The predicted molar refractivity (Wildman–Crippen MR) is 99.0 cm³/mol. The summed E-state index contributed by atoms with van der Waals surface area (Å²) >= 11 is 0. The smallest absolute Gasteiger partial charge is 0.293 e. The van der Waals surface area contributed by atoms with E-state index in [1.807, 2.05) is 31.2 Å². The second-order valence-electron chi connectivity index (χ2n) is 5.52. The molecule has 0 aliphatic heterocycles. The van der Waals surface area contributed by atoms with Crippen molar-refractivity contribution in [1.82, 2.24) is 4.72 Å². The Kier molecular flexibility index (Phi) is 6.17. The molecular weight excluding hydrogens is 358 g/mol. The van der Waals surface area contributed by atoms with Crippen molar-refractivity contribution < 1.29 is 18.1 Å². The van der Waals surface area contributed by atoms with E-state index in [4.69, 9.17) is 4.74 Å². The first-order valence-electron chi connectivity index (χ1n) is 7.94. The summed E-state index contributed by atoms with van der Waals surface area (Å²) in [6.07, 6.45) is 0.681. The number of sulfonamides is 1. The molecule has 0 fully saturated rings. The first-order valence-corrected chi connectivity index (χ1v) is 9.43. The lowest BCUT2D eigenvalue weighted by Gasteiger charge is -2.19. The van der Waals surface area contributed by atoms with E-state index in [9.17, 15) is 18.5 Å². The van der Waals surface area contributed by atoms with E-state index in [2.05, 4.69) is 10.0 Å². The molecule has 0 heterocycles. The van der Waals surface area contributed by atoms with E-state index < -0.39 is 14.9 Å². The summed E-state index contributed by atoms with van der Waals surface area (Å²) in [7, 11) is -0.929. The second kappa shape index (κ2) is 8.15. The maximum absolute atomic E-state index is 11.9. The molecule has 140 valence electrons. The Morgan fingerprint density at radius 2 is 1.85 bits per heavy atom. The Bertz CT molecular complexity index is 882. The van der Waals surface area contributed by atoms with Crippen molar-refractivity contribution in [2.75, 3.05) is 19.5 Å². The van der Waals surface area contributed by atoms with Crippen molar-refractivity contribution in [3.63, 3.8) is 0 Å². The normalized spacial score (nSPS) is 12.4. The zero-order valence-corrected chi connectivity index (χ0v) is 15.5. The third-order valence-corrected chi connectivity index (χ3v) is 5.41. The van der Waals surface area contributed by atoms with E-state index in [0.29, 0.717) is 6.42 Å². The molecule has 0 aliphatic rings. The van der Waals surface area contributed by atoms with E-state index in [1.165, 1.54) is 19.2 Å². The molecule has 2 N–H and O–H groups in total. The van der Waals surface area contributed by atoms with Crippen molar-refractivity contribution in [3.05, 3.63) is 58.1 Å². The van der Waals surface area contributed by atoms with Crippen LogP contribution in [0.25, 0.3) is 0 Å². The minimum absolute atomic E-state index is 0.158. The topological polar surface area (TPSA) is 111 Å². The third-order valence-electron chi connectivity index (χ3n) is 4.00. The average Bonchev–Trinajstić information content (AvgIpc) is 2.66. The molecule has 2 rings (SSSR count). The Hall–Kier alpha value is -2.65. The van der Waals surface area contributed by atoms with Crippen molar-refractivity contribution in [3.8, 4) is 5.75 Å². The largest absolute Gasteiger partial charge is 0.497 e. The molecule has 0 unspecified atom stereocenters. The molecule has 0 aliphatic carbocycles. The van der Waals surface area contributed by atoms with Gasteiger partial charge in [-0.3, -0.25) is 10.1 Å². The number of nitrogens with one attached hydrogen (secondary N) is 2. The van der Waals surface area contributed by atoms with Crippen LogP contribution in [0.3, 0.4) is 0 Å². The lowest BCUT2D eigenvalue weighted by molar-refractivity contribution is -0.384. The van der Waals surface area contributed by atoms with Crippen molar-refractivity contribution >= 4 is 21.4 Å². The van der Waals surface area contributed by atoms with E-state index in [-0.39, 0.29) is 22.3 Å². The van der Waals surface area contributed by atoms with Crippen LogP contribution in [0.4, 0.5) is 11.4 Å². The van der Waals surface area contributed by atoms with Gasteiger partial charge in [0.2, 0.25) is 10.0 Å². The van der Waals surface area contributed by atoms with Gasteiger partial charge in [0.25, 0.3) is 5.69 Å². The third kappa shape index (κ3) is 4.30. The fraction of sp³-hybridized carbons (Fsp3) is 0.294. The summed E-state index contributed by atoms with van der Waals surface area (Å²) in [6, 6.07) is 11.0. The van der Waals surface area contributed by atoms with Gasteiger partial charge in [-0.2, -0.15) is 0 Å². The van der Waals surface area contributed by atoms with Crippen LogP contribution in [0.2, 0.25) is 0 Å². The highest BCUT2D eigenvalue weighted by Gasteiger charge is 2.22. The van der Waals surface area contributed by atoms with Crippen LogP contribution in [0.5, 0.6) is 5.75 Å². The first kappa shape index (κ1) is 19.7. The molecule has 26 heavy (non-hydrogen) atoms. The molecule has 8 nitrogen and oxygen atoms in total. The van der Waals surface area contributed by atoms with Gasteiger partial charge < -0.3 is 10.1 Å². The molecule has 2 aromatic rings. The summed E-state index contributed by atoms with van der Waals surface area (Å²) in [4.78, 5) is 10.7. The lowest BCUT2D eigenvalue weighted by Crippen LogP contribution is -2.19. The van der Waals surface area contributed by atoms with Gasteiger partial charge in [-0.15, -0.1) is 0 Å². The van der Waals surface area contributed by atoms with Gasteiger partial charge >= 0.3 is 0 Å². The summed E-state index contributed by atoms with van der Waals surface area (Å²) in [5.41, 5.74) is 0.899. The molecule has 0 spiro atoms. The minimum Gasteiger partial charge on any atom is -0.497 e. The van der Waals surface area contributed by atoms with Crippen LogP contribution in [0, 0.1) is 10.1 Å². The van der Waals surface area contributed by atoms with E-state index in [1.54, 1.807) is 7.11 Å². The minimum atomic E-state index is -3.76. The van der Waals surface area contributed by atoms with Gasteiger partial charge in [0.05, 0.1) is 23.0 Å². The second-order valence-corrected chi connectivity index (χ2v) is 7.41. The van der Waals surface area contributed by atoms with Crippen molar-refractivity contribution in [2.24, 2.45) is 0 Å². The zero-order chi connectivity index (χ0) is 19.3. The van der Waals surface area contributed by atoms with Gasteiger partial charge in [-0.05, 0) is 43.3 Å². The number of hydrogen-bond acceptors (Lipinski definition) is 6. The number of hydrogen-bond donors (Lipinski definition) is 2. The van der Waals surface area contributed by atoms with Crippen LogP contribution >= 0.6 is 0 Å². The fourth-order valence-corrected chi connectivity index (χ4v) is 3.26. The van der Waals surface area contributed by atoms with Gasteiger partial charge in [0, 0.05) is 6.07 Å². The lowest BCUT2D eigenvalue weighted by atomic mass is 10.0. The summed E-state index contributed by atoms with van der Waals surface area (Å²) in [6.45, 7) is 1.95. The van der Waals surface area contributed by atoms with Crippen LogP contribution in [0.1, 0.15) is 24.9 Å². The van der Waals surface area contributed by atoms with Crippen molar-refractivity contribution in [2.45, 2.75) is 24.3 Å².